The van der Waals surface area contributed by atoms with E-state index in [1.54, 1.807) is 0 Å². The summed E-state index contributed by atoms with van der Waals surface area (Å²) in [6.07, 6.45) is 24.0. The number of rotatable bonds is 73. The molecular formula is C101H173N3O23. The van der Waals surface area contributed by atoms with Crippen molar-refractivity contribution in [2.24, 2.45) is 76.4 Å². The maximum absolute atomic E-state index is 14.3. The molecule has 1 saturated heterocycles. The van der Waals surface area contributed by atoms with Gasteiger partial charge in [-0.3, -0.25) is 57.5 Å². The molecule has 4 rings (SSSR count). The maximum atomic E-state index is 14.3. The number of amides is 3. The number of hydrogen-bond donors (Lipinski definition) is 2. The minimum absolute atomic E-state index is 0.00277. The predicted molar refractivity (Wildman–Crippen MR) is 489 cm³/mol. The van der Waals surface area contributed by atoms with Gasteiger partial charge in [-0.15, -0.1) is 0 Å². The summed E-state index contributed by atoms with van der Waals surface area (Å²) in [5.74, 6) is 3.25. The van der Waals surface area contributed by atoms with Crippen LogP contribution in [0.4, 0.5) is 0 Å². The van der Waals surface area contributed by atoms with Crippen molar-refractivity contribution in [3.8, 4) is 0 Å². The molecule has 0 radical (unpaired) electrons. The molecule has 0 aromatic rings. The Bertz CT molecular complexity index is 2970. The van der Waals surface area contributed by atoms with E-state index in [1.807, 2.05) is 11.8 Å². The minimum Gasteiger partial charge on any atom is -0.466 e. The number of Topliss-reactive ketones (excluding diaryl/α,β-unsaturated/α-hetero) is 6. The largest absolute Gasteiger partial charge is 0.466 e. The molecule has 26 nitrogen and oxygen atoms in total. The van der Waals surface area contributed by atoms with Crippen LogP contribution in [0.1, 0.15) is 360 Å². The fourth-order valence-electron chi connectivity index (χ4n) is 18.9. The molecule has 4 aliphatic rings. The molecule has 3 saturated carbocycles. The van der Waals surface area contributed by atoms with E-state index in [4.69, 9.17) is 47.4 Å². The van der Waals surface area contributed by atoms with Gasteiger partial charge in [-0.1, -0.05) is 121 Å². The number of unbranched alkanes of at least 4 members (excludes halogenated alkanes) is 14. The second kappa shape index (κ2) is 65.6. The van der Waals surface area contributed by atoms with Crippen LogP contribution in [-0.2, 0) is 110 Å². The van der Waals surface area contributed by atoms with Crippen LogP contribution in [0.3, 0.4) is 0 Å². The van der Waals surface area contributed by atoms with E-state index in [2.05, 4.69) is 72.9 Å². The summed E-state index contributed by atoms with van der Waals surface area (Å²) in [5, 5.41) is 5.89. The highest BCUT2D eigenvalue weighted by atomic mass is 16.6. The fraction of sp³-hybridized carbons (Fsp3) is 0.871. The Morgan fingerprint density at radius 1 is 0.331 bits per heavy atom. The fourth-order valence-corrected chi connectivity index (χ4v) is 18.9. The number of carbonyl (C=O) groups is 13. The molecule has 0 spiro atoms. The number of likely N-dealkylation sites (tertiary alicyclic amines) is 1. The number of ether oxygens (including phenoxy) is 10. The Kier molecular flexibility index (Phi) is 58.6. The molecule has 1 aliphatic heterocycles. The van der Waals surface area contributed by atoms with Gasteiger partial charge < -0.3 is 67.7 Å². The molecular weight excluding hydrogens is 1620 g/mol. The zero-order valence-corrected chi connectivity index (χ0v) is 81.2. The summed E-state index contributed by atoms with van der Waals surface area (Å²) in [6, 6.07) is 0.0148. The Hall–Kier alpha value is -5.93. The summed E-state index contributed by atoms with van der Waals surface area (Å²) in [5.41, 5.74) is -1.05. The van der Waals surface area contributed by atoms with E-state index >= 15 is 0 Å². The molecule has 0 aromatic carbocycles. The normalized spacial score (nSPS) is 24.6. The van der Waals surface area contributed by atoms with Gasteiger partial charge in [0.1, 0.15) is 40.8 Å². The molecule has 3 aliphatic carbocycles. The summed E-state index contributed by atoms with van der Waals surface area (Å²) >= 11 is 0. The first-order valence-corrected chi connectivity index (χ1v) is 49.8. The zero-order valence-electron chi connectivity index (χ0n) is 81.2. The lowest BCUT2D eigenvalue weighted by molar-refractivity contribution is -0.150. The van der Waals surface area contributed by atoms with Gasteiger partial charge in [-0.25, -0.2) is 0 Å². The smallest absolute Gasteiger partial charge is 0.306 e. The average Bonchev–Trinajstić information content (AvgIpc) is 1.48. The van der Waals surface area contributed by atoms with Crippen LogP contribution >= 0.6 is 0 Å². The lowest BCUT2D eigenvalue weighted by Gasteiger charge is -2.43. The SMILES string of the molecule is CC[C@@H]1C[C@@H](OC(=O)CCC(C)=O)CN1C(=O)CCCCCCCCCCC(=O)CC(COCCC(=O)CCCCCC(=O)CCCCOC1CC(COC(C)=O)C(C)C(C)C1C)(COCCC(=O)CCCCCC(=O)CCCCOC1CC(COC(C)=O)C(C)C(C)C1C)COCCC(=O)NCCCNC(=O)CCCCOC1CC(COC(C)=O)C(C)C(C)C1C. The van der Waals surface area contributed by atoms with Crippen molar-refractivity contribution in [3.63, 3.8) is 0 Å². The van der Waals surface area contributed by atoms with Crippen LogP contribution in [0.5, 0.6) is 0 Å². The van der Waals surface area contributed by atoms with Gasteiger partial charge in [0.2, 0.25) is 17.7 Å². The van der Waals surface area contributed by atoms with Crippen molar-refractivity contribution in [2.45, 2.75) is 391 Å². The highest BCUT2D eigenvalue weighted by Gasteiger charge is 2.43. The van der Waals surface area contributed by atoms with E-state index in [-0.39, 0.29) is 197 Å². The highest BCUT2D eigenvalue weighted by molar-refractivity contribution is 5.82. The third-order valence-electron chi connectivity index (χ3n) is 28.5. The first-order valence-electron chi connectivity index (χ1n) is 49.8. The van der Waals surface area contributed by atoms with E-state index in [0.29, 0.717) is 222 Å². The predicted octanol–water partition coefficient (Wildman–Crippen LogP) is 17.3. The number of esters is 4. The van der Waals surface area contributed by atoms with Gasteiger partial charge in [0.15, 0.2) is 0 Å². The molecule has 15 unspecified atom stereocenters. The molecule has 127 heavy (non-hydrogen) atoms. The Morgan fingerprint density at radius 2 is 0.661 bits per heavy atom. The summed E-state index contributed by atoms with van der Waals surface area (Å²) in [7, 11) is 0. The molecule has 4 fully saturated rings. The average molecular weight is 1800 g/mol. The first kappa shape index (κ1) is 113. The molecule has 3 amide bonds. The monoisotopic (exact) mass is 1800 g/mol. The minimum atomic E-state index is -1.05. The van der Waals surface area contributed by atoms with Crippen molar-refractivity contribution >= 4 is 76.3 Å². The number of ketones is 6. The standard InChI is InChI=1S/C101H173N3O23/c1-15-87-62-93(127-100(117)47-46-71(2)105)64-104(87)99(116)45-29-21-19-17-16-18-20-24-43-92(113)63-101(68-118-56-48-90(111)39-27-22-25-37-88(109)41-30-33-53-121-94-59-84(65-124-81(12)106)75(6)72(3)78(94)9,69-119-57-49-91(112)40-28-23-26-38-89(110)42-31-34-54-122-95-60-85(66-125-82(13)107)76(7)73(4)79(95)10)70-120-58-50-98(115)103-52-36-51-102-97(114)44-32-35-55-123-96-61-86(67-126-83(14)108)77(8)74(5)80(96)11/h72-80,84-87,93-96H,15-70H2,1-14H3,(H,102,114)(H,103,115)/t72?,73?,74?,75?,76?,77?,78?,79?,80?,84?,85?,86?,87-,93-,94?,95?,96?,101?/m1/s1. The molecule has 1 heterocycles. The Labute approximate surface area is 763 Å². The molecule has 26 heteroatoms. The Balaban J connectivity index is 1.30. The van der Waals surface area contributed by atoms with E-state index in [0.717, 1.165) is 116 Å². The van der Waals surface area contributed by atoms with Gasteiger partial charge in [0, 0.05) is 161 Å². The van der Waals surface area contributed by atoms with Gasteiger partial charge in [0.25, 0.3) is 0 Å². The van der Waals surface area contributed by atoms with E-state index in [9.17, 15) is 62.3 Å². The van der Waals surface area contributed by atoms with Crippen LogP contribution in [-0.4, -0.2) is 211 Å². The number of nitrogens with zero attached hydrogens (tertiary/aromatic N) is 1. The molecule has 17 atom stereocenters. The number of hydrogen-bond acceptors (Lipinski definition) is 23. The van der Waals surface area contributed by atoms with Crippen molar-refractivity contribution in [1.82, 2.24) is 15.5 Å². The quantitative estimate of drug-likeness (QED) is 0.0324. The second-order valence-electron chi connectivity index (χ2n) is 38.7. The molecule has 0 bridgehead atoms. The molecule has 730 valence electrons. The van der Waals surface area contributed by atoms with Crippen molar-refractivity contribution < 1.29 is 110 Å². The lowest BCUT2D eigenvalue weighted by atomic mass is 9.67. The third kappa shape index (κ3) is 48.3. The number of nitrogens with one attached hydrogen (secondary N) is 2. The molecule has 0 aromatic heterocycles. The van der Waals surface area contributed by atoms with E-state index in [1.165, 1.54) is 27.7 Å². The Morgan fingerprint density at radius 3 is 1.04 bits per heavy atom. The van der Waals surface area contributed by atoms with Gasteiger partial charge in [0.05, 0.1) is 90.7 Å². The van der Waals surface area contributed by atoms with Crippen LogP contribution in [0, 0.1) is 76.4 Å². The van der Waals surface area contributed by atoms with Crippen molar-refractivity contribution in [2.75, 3.05) is 98.9 Å². The van der Waals surface area contributed by atoms with Crippen molar-refractivity contribution in [1.29, 1.82) is 0 Å². The van der Waals surface area contributed by atoms with Gasteiger partial charge in [-0.2, -0.15) is 0 Å². The van der Waals surface area contributed by atoms with Gasteiger partial charge >= 0.3 is 23.9 Å². The summed E-state index contributed by atoms with van der Waals surface area (Å²) < 4.78 is 59.9. The topological polar surface area (TPSA) is 342 Å². The lowest BCUT2D eigenvalue weighted by Crippen LogP contribution is -2.42. The highest BCUT2D eigenvalue weighted by Crippen LogP contribution is 2.43. The summed E-state index contributed by atoms with van der Waals surface area (Å²) in [4.78, 5) is 167. The maximum Gasteiger partial charge on any atom is 0.306 e. The van der Waals surface area contributed by atoms with E-state index < -0.39 is 11.4 Å². The summed E-state index contributed by atoms with van der Waals surface area (Å²) in [6.45, 7) is 32.0. The molecule has 2 N–H and O–H groups in total. The van der Waals surface area contributed by atoms with Crippen LogP contribution in [0.2, 0.25) is 0 Å². The van der Waals surface area contributed by atoms with Crippen molar-refractivity contribution in [3.05, 3.63) is 0 Å². The first-order chi connectivity index (χ1) is 60.7. The third-order valence-corrected chi connectivity index (χ3v) is 28.5. The zero-order chi connectivity index (χ0) is 93.5. The van der Waals surface area contributed by atoms with Crippen LogP contribution in [0.25, 0.3) is 0 Å². The number of carbonyl (C=O) groups excluding carboxylic acids is 13. The van der Waals surface area contributed by atoms with Crippen LogP contribution < -0.4 is 10.6 Å². The van der Waals surface area contributed by atoms with Gasteiger partial charge in [-0.05, 0) is 187 Å². The van der Waals surface area contributed by atoms with Crippen LogP contribution in [0.15, 0.2) is 0 Å². The second-order valence-corrected chi connectivity index (χ2v) is 38.7.